The van der Waals surface area contributed by atoms with Crippen LogP contribution in [0.5, 0.6) is 0 Å². The minimum absolute atomic E-state index is 0.0813. The van der Waals surface area contributed by atoms with Crippen LogP contribution in [0.2, 0.25) is 5.02 Å². The predicted octanol–water partition coefficient (Wildman–Crippen LogP) is 3.39. The topological polar surface area (TPSA) is 55.6 Å². The van der Waals surface area contributed by atoms with E-state index < -0.39 is 0 Å². The lowest BCUT2D eigenvalue weighted by molar-refractivity contribution is -0.0448. The smallest absolute Gasteiger partial charge is 0.276 e. The van der Waals surface area contributed by atoms with Crippen molar-refractivity contribution in [2.45, 2.75) is 31.4 Å². The third kappa shape index (κ3) is 2.75. The number of benzene rings is 1. The predicted molar refractivity (Wildman–Crippen MR) is 85.4 cm³/mol. The van der Waals surface area contributed by atoms with E-state index >= 15 is 0 Å². The number of hydrogen-bond acceptors (Lipinski definition) is 4. The van der Waals surface area contributed by atoms with Crippen LogP contribution < -0.4 is 0 Å². The zero-order chi connectivity index (χ0) is 15.8. The SMILES string of the molecule is O=C(c1cc(-c2cccc(Cl)c2)on1)N1CCO[C@H]2CCC[C@H]21. The Bertz CT molecular complexity index is 730. The third-order valence-electron chi connectivity index (χ3n) is 4.58. The molecule has 0 bridgehead atoms. The van der Waals surface area contributed by atoms with Crippen LogP contribution in [0.3, 0.4) is 0 Å². The van der Waals surface area contributed by atoms with Crippen LogP contribution in [0, 0.1) is 0 Å². The molecule has 2 aliphatic rings. The largest absolute Gasteiger partial charge is 0.374 e. The standard InChI is InChI=1S/C17H17ClN2O3/c18-12-4-1-3-11(9-12)16-10-13(19-23-16)17(21)20-7-8-22-15-6-2-5-14(15)20/h1,3-4,9-10,14-15H,2,5-8H2/t14-,15+/m1/s1. The van der Waals surface area contributed by atoms with E-state index in [0.717, 1.165) is 24.8 Å². The second-order valence-electron chi connectivity index (χ2n) is 5.99. The van der Waals surface area contributed by atoms with E-state index in [4.69, 9.17) is 20.9 Å². The molecule has 1 aliphatic carbocycles. The highest BCUT2D eigenvalue weighted by molar-refractivity contribution is 6.30. The van der Waals surface area contributed by atoms with Gasteiger partial charge in [0, 0.05) is 23.2 Å². The first kappa shape index (κ1) is 14.7. The number of nitrogens with zero attached hydrogens (tertiary/aromatic N) is 2. The van der Waals surface area contributed by atoms with Gasteiger partial charge in [-0.15, -0.1) is 0 Å². The van der Waals surface area contributed by atoms with Crippen LogP contribution >= 0.6 is 11.6 Å². The Hall–Kier alpha value is -1.85. The summed E-state index contributed by atoms with van der Waals surface area (Å²) in [5, 5.41) is 4.58. The number of halogens is 1. The molecule has 4 rings (SSSR count). The summed E-state index contributed by atoms with van der Waals surface area (Å²) in [4.78, 5) is 14.7. The van der Waals surface area contributed by atoms with Gasteiger partial charge >= 0.3 is 0 Å². The summed E-state index contributed by atoms with van der Waals surface area (Å²) in [5.41, 5.74) is 1.15. The second kappa shape index (κ2) is 5.98. The molecule has 0 radical (unpaired) electrons. The summed E-state index contributed by atoms with van der Waals surface area (Å²) in [6, 6.07) is 9.16. The average molecular weight is 333 g/mol. The Labute approximate surface area is 139 Å². The van der Waals surface area contributed by atoms with Crippen LogP contribution in [-0.2, 0) is 4.74 Å². The normalized spacial score (nSPS) is 23.8. The van der Waals surface area contributed by atoms with E-state index in [1.165, 1.54) is 0 Å². The van der Waals surface area contributed by atoms with Crippen molar-refractivity contribution < 1.29 is 14.1 Å². The van der Waals surface area contributed by atoms with E-state index in [1.807, 2.05) is 17.0 Å². The fourth-order valence-electron chi connectivity index (χ4n) is 3.48. The number of carbonyl (C=O) groups excluding carboxylic acids is 1. The van der Waals surface area contributed by atoms with E-state index in [1.54, 1.807) is 18.2 Å². The highest BCUT2D eigenvalue weighted by Crippen LogP contribution is 2.31. The molecule has 0 unspecified atom stereocenters. The molecule has 1 saturated heterocycles. The van der Waals surface area contributed by atoms with Gasteiger partial charge in [-0.25, -0.2) is 0 Å². The van der Waals surface area contributed by atoms with Gasteiger partial charge < -0.3 is 14.2 Å². The van der Waals surface area contributed by atoms with Gasteiger partial charge in [-0.1, -0.05) is 28.9 Å². The Balaban J connectivity index is 1.57. The third-order valence-corrected chi connectivity index (χ3v) is 4.82. The Morgan fingerprint density at radius 3 is 3.09 bits per heavy atom. The lowest BCUT2D eigenvalue weighted by atomic mass is 10.1. The molecular weight excluding hydrogens is 316 g/mol. The monoisotopic (exact) mass is 332 g/mol. The molecule has 1 amide bonds. The van der Waals surface area contributed by atoms with Crippen LogP contribution in [-0.4, -0.2) is 41.3 Å². The zero-order valence-corrected chi connectivity index (χ0v) is 13.3. The van der Waals surface area contributed by atoms with Crippen LogP contribution in [0.15, 0.2) is 34.9 Å². The van der Waals surface area contributed by atoms with E-state index in [9.17, 15) is 4.79 Å². The van der Waals surface area contributed by atoms with Crippen LogP contribution in [0.4, 0.5) is 0 Å². The van der Waals surface area contributed by atoms with Crippen LogP contribution in [0.25, 0.3) is 11.3 Å². The maximum absolute atomic E-state index is 12.8. The number of hydrogen-bond donors (Lipinski definition) is 0. The molecule has 6 heteroatoms. The van der Waals surface area contributed by atoms with Gasteiger partial charge in [-0.2, -0.15) is 0 Å². The van der Waals surface area contributed by atoms with Crippen molar-refractivity contribution in [1.29, 1.82) is 0 Å². The van der Waals surface area contributed by atoms with E-state index in [-0.39, 0.29) is 18.1 Å². The fraction of sp³-hybridized carbons (Fsp3) is 0.412. The average Bonchev–Trinajstić information content (AvgIpc) is 3.23. The van der Waals surface area contributed by atoms with Gasteiger partial charge in [0.05, 0.1) is 18.8 Å². The minimum atomic E-state index is -0.0813. The second-order valence-corrected chi connectivity index (χ2v) is 6.43. The Morgan fingerprint density at radius 1 is 1.30 bits per heavy atom. The maximum atomic E-state index is 12.8. The van der Waals surface area contributed by atoms with Gasteiger partial charge in [-0.05, 0) is 31.4 Å². The first-order valence-corrected chi connectivity index (χ1v) is 8.25. The van der Waals surface area contributed by atoms with Crippen molar-refractivity contribution in [3.8, 4) is 11.3 Å². The molecule has 1 aromatic carbocycles. The molecule has 2 aromatic rings. The Kier molecular flexibility index (Phi) is 3.83. The molecule has 1 aromatic heterocycles. The first-order chi connectivity index (χ1) is 11.2. The number of amides is 1. The van der Waals surface area contributed by atoms with Gasteiger partial charge in [0.25, 0.3) is 5.91 Å². The molecule has 0 N–H and O–H groups in total. The molecule has 5 nitrogen and oxygen atoms in total. The summed E-state index contributed by atoms with van der Waals surface area (Å²) in [7, 11) is 0. The van der Waals surface area contributed by atoms with Crippen molar-refractivity contribution in [1.82, 2.24) is 10.1 Å². The highest BCUT2D eigenvalue weighted by Gasteiger charge is 2.39. The van der Waals surface area contributed by atoms with Gasteiger partial charge in [0.15, 0.2) is 11.5 Å². The number of morpholine rings is 1. The van der Waals surface area contributed by atoms with E-state index in [2.05, 4.69) is 5.16 Å². The summed E-state index contributed by atoms with van der Waals surface area (Å²) in [5.74, 6) is 0.467. The molecule has 2 heterocycles. The summed E-state index contributed by atoms with van der Waals surface area (Å²) >= 11 is 6.00. The molecule has 2 atom stereocenters. The molecule has 2 fully saturated rings. The van der Waals surface area contributed by atoms with Gasteiger partial charge in [-0.3, -0.25) is 4.79 Å². The number of ether oxygens (including phenoxy) is 1. The highest BCUT2D eigenvalue weighted by atomic mass is 35.5. The van der Waals surface area contributed by atoms with Crippen molar-refractivity contribution in [2.75, 3.05) is 13.2 Å². The maximum Gasteiger partial charge on any atom is 0.276 e. The molecule has 120 valence electrons. The number of fused-ring (bicyclic) bond motifs is 1. The molecule has 1 aliphatic heterocycles. The van der Waals surface area contributed by atoms with Crippen LogP contribution in [0.1, 0.15) is 29.8 Å². The first-order valence-electron chi connectivity index (χ1n) is 7.87. The number of rotatable bonds is 2. The molecule has 23 heavy (non-hydrogen) atoms. The summed E-state index contributed by atoms with van der Waals surface area (Å²) in [6.07, 6.45) is 3.30. The van der Waals surface area contributed by atoms with Crippen molar-refractivity contribution in [3.63, 3.8) is 0 Å². The van der Waals surface area contributed by atoms with Gasteiger partial charge in [0.2, 0.25) is 0 Å². The van der Waals surface area contributed by atoms with Crippen molar-refractivity contribution in [3.05, 3.63) is 41.0 Å². The molecule has 0 spiro atoms. The summed E-state index contributed by atoms with van der Waals surface area (Å²) in [6.45, 7) is 1.20. The Morgan fingerprint density at radius 2 is 2.22 bits per heavy atom. The fourth-order valence-corrected chi connectivity index (χ4v) is 3.67. The molecule has 1 saturated carbocycles. The molecular formula is C17H17ClN2O3. The summed E-state index contributed by atoms with van der Waals surface area (Å²) < 4.78 is 11.1. The van der Waals surface area contributed by atoms with Crippen molar-refractivity contribution in [2.24, 2.45) is 0 Å². The number of carbonyl (C=O) groups is 1. The van der Waals surface area contributed by atoms with Crippen molar-refractivity contribution >= 4 is 17.5 Å². The zero-order valence-electron chi connectivity index (χ0n) is 12.6. The minimum Gasteiger partial charge on any atom is -0.374 e. The van der Waals surface area contributed by atoms with E-state index in [0.29, 0.717) is 29.6 Å². The lowest BCUT2D eigenvalue weighted by Gasteiger charge is -2.37. The van der Waals surface area contributed by atoms with Gasteiger partial charge in [0.1, 0.15) is 0 Å². The quantitative estimate of drug-likeness (QED) is 0.846. The number of aromatic nitrogens is 1. The lowest BCUT2D eigenvalue weighted by Crippen LogP contribution is -2.51.